The third-order valence-corrected chi connectivity index (χ3v) is 5.29. The summed E-state index contributed by atoms with van der Waals surface area (Å²) in [5, 5.41) is 3.77. The number of aromatic amines is 1. The van der Waals surface area contributed by atoms with Crippen molar-refractivity contribution in [1.29, 1.82) is 0 Å². The SMILES string of the molecule is CCOC(=O)c1sc2nc([C@H](C)Nc3ccc(C)cc3)[nH]c(=O)c2c1C. The minimum Gasteiger partial charge on any atom is -0.462 e. The van der Waals surface area contributed by atoms with Crippen LogP contribution in [0.25, 0.3) is 10.2 Å². The summed E-state index contributed by atoms with van der Waals surface area (Å²) >= 11 is 1.19. The molecule has 26 heavy (non-hydrogen) atoms. The van der Waals surface area contributed by atoms with Crippen molar-refractivity contribution in [3.05, 3.63) is 56.4 Å². The third-order valence-electron chi connectivity index (χ3n) is 4.12. The third kappa shape index (κ3) is 3.48. The maximum absolute atomic E-state index is 12.5. The number of hydrogen-bond donors (Lipinski definition) is 2. The van der Waals surface area contributed by atoms with Gasteiger partial charge in [0.15, 0.2) is 0 Å². The number of aromatic nitrogens is 2. The molecular weight excluding hydrogens is 350 g/mol. The molecule has 0 saturated carbocycles. The number of rotatable bonds is 5. The van der Waals surface area contributed by atoms with Crippen molar-refractivity contribution in [1.82, 2.24) is 9.97 Å². The van der Waals surface area contributed by atoms with Crippen molar-refractivity contribution in [3.8, 4) is 0 Å². The Morgan fingerprint density at radius 1 is 1.31 bits per heavy atom. The van der Waals surface area contributed by atoms with Crippen molar-refractivity contribution in [2.45, 2.75) is 33.7 Å². The number of hydrogen-bond acceptors (Lipinski definition) is 6. The van der Waals surface area contributed by atoms with Gasteiger partial charge in [-0.15, -0.1) is 11.3 Å². The van der Waals surface area contributed by atoms with E-state index in [1.807, 2.05) is 38.1 Å². The first-order chi connectivity index (χ1) is 12.4. The van der Waals surface area contributed by atoms with E-state index in [0.29, 0.717) is 33.1 Å². The number of nitrogens with one attached hydrogen (secondary N) is 2. The normalized spacial score (nSPS) is 12.2. The van der Waals surface area contributed by atoms with Crippen molar-refractivity contribution in [3.63, 3.8) is 0 Å². The Morgan fingerprint density at radius 2 is 2.00 bits per heavy atom. The number of benzene rings is 1. The summed E-state index contributed by atoms with van der Waals surface area (Å²) in [5.74, 6) is 0.111. The van der Waals surface area contributed by atoms with Crippen LogP contribution in [0.3, 0.4) is 0 Å². The standard InChI is InChI=1S/C19H21N3O3S/c1-5-25-19(24)15-11(3)14-17(23)21-16(22-18(14)26-15)12(4)20-13-8-6-10(2)7-9-13/h6-9,12,20H,5H2,1-4H3,(H,21,22,23)/t12-/m0/s1. The molecule has 0 unspecified atom stereocenters. The number of fused-ring (bicyclic) bond motifs is 1. The molecule has 2 heterocycles. The number of ether oxygens (including phenoxy) is 1. The minimum atomic E-state index is -0.417. The molecule has 0 amide bonds. The van der Waals surface area contributed by atoms with Gasteiger partial charge in [0.05, 0.1) is 18.0 Å². The van der Waals surface area contributed by atoms with Crippen LogP contribution in [-0.4, -0.2) is 22.5 Å². The fourth-order valence-electron chi connectivity index (χ4n) is 2.73. The molecule has 0 aliphatic heterocycles. The molecule has 1 aromatic carbocycles. The average molecular weight is 371 g/mol. The van der Waals surface area contributed by atoms with Gasteiger partial charge in [0, 0.05) is 5.69 Å². The average Bonchev–Trinajstić information content (AvgIpc) is 2.94. The topological polar surface area (TPSA) is 84.1 Å². The zero-order chi connectivity index (χ0) is 18.8. The summed E-state index contributed by atoms with van der Waals surface area (Å²) in [6.45, 7) is 7.74. The number of nitrogens with zero attached hydrogens (tertiary/aromatic N) is 1. The highest BCUT2D eigenvalue weighted by molar-refractivity contribution is 7.20. The molecule has 0 bridgehead atoms. The monoisotopic (exact) mass is 371 g/mol. The predicted octanol–water partition coefficient (Wildman–Crippen LogP) is 3.95. The van der Waals surface area contributed by atoms with Gasteiger partial charge in [0.25, 0.3) is 5.56 Å². The number of H-pyrrole nitrogens is 1. The van der Waals surface area contributed by atoms with Gasteiger partial charge in [-0.2, -0.15) is 0 Å². The molecule has 2 aromatic heterocycles. The second-order valence-corrected chi connectivity index (χ2v) is 7.14. The molecule has 2 N–H and O–H groups in total. The van der Waals surface area contributed by atoms with Gasteiger partial charge in [0.2, 0.25) is 0 Å². The summed E-state index contributed by atoms with van der Waals surface area (Å²) in [6.07, 6.45) is 0. The second-order valence-electron chi connectivity index (χ2n) is 6.14. The Hall–Kier alpha value is -2.67. The van der Waals surface area contributed by atoms with E-state index < -0.39 is 5.97 Å². The van der Waals surface area contributed by atoms with Crippen LogP contribution in [0.5, 0.6) is 0 Å². The van der Waals surface area contributed by atoms with E-state index in [1.165, 1.54) is 16.9 Å². The largest absolute Gasteiger partial charge is 0.462 e. The first kappa shape index (κ1) is 18.1. The van der Waals surface area contributed by atoms with Crippen LogP contribution in [0, 0.1) is 13.8 Å². The quantitative estimate of drug-likeness (QED) is 0.664. The van der Waals surface area contributed by atoms with Gasteiger partial charge >= 0.3 is 5.97 Å². The number of esters is 1. The van der Waals surface area contributed by atoms with E-state index in [-0.39, 0.29) is 11.6 Å². The molecule has 6 nitrogen and oxygen atoms in total. The van der Waals surface area contributed by atoms with E-state index in [2.05, 4.69) is 15.3 Å². The van der Waals surface area contributed by atoms with Crippen LogP contribution >= 0.6 is 11.3 Å². The number of carbonyl (C=O) groups excluding carboxylic acids is 1. The maximum atomic E-state index is 12.5. The van der Waals surface area contributed by atoms with E-state index in [9.17, 15) is 9.59 Å². The van der Waals surface area contributed by atoms with Crippen molar-refractivity contribution in [2.75, 3.05) is 11.9 Å². The summed E-state index contributed by atoms with van der Waals surface area (Å²) in [6, 6.07) is 7.81. The number of aryl methyl sites for hydroxylation is 2. The lowest BCUT2D eigenvalue weighted by Crippen LogP contribution is -2.17. The molecule has 0 saturated heterocycles. The van der Waals surface area contributed by atoms with E-state index in [0.717, 1.165) is 5.69 Å². The van der Waals surface area contributed by atoms with Gasteiger partial charge < -0.3 is 15.0 Å². The molecule has 0 aliphatic carbocycles. The highest BCUT2D eigenvalue weighted by atomic mass is 32.1. The van der Waals surface area contributed by atoms with Crippen LogP contribution in [-0.2, 0) is 4.74 Å². The Labute approximate surface area is 155 Å². The molecule has 1 atom stereocenters. The molecule has 0 radical (unpaired) electrons. The Balaban J connectivity index is 1.96. The van der Waals surface area contributed by atoms with Gasteiger partial charge in [-0.1, -0.05) is 17.7 Å². The van der Waals surface area contributed by atoms with E-state index in [1.54, 1.807) is 13.8 Å². The summed E-state index contributed by atoms with van der Waals surface area (Å²) in [5.41, 5.74) is 2.49. The van der Waals surface area contributed by atoms with Crippen LogP contribution in [0.4, 0.5) is 5.69 Å². The van der Waals surface area contributed by atoms with Crippen LogP contribution in [0.15, 0.2) is 29.1 Å². The number of anilines is 1. The predicted molar refractivity (Wildman–Crippen MR) is 104 cm³/mol. The lowest BCUT2D eigenvalue weighted by Gasteiger charge is -2.14. The summed E-state index contributed by atoms with van der Waals surface area (Å²) < 4.78 is 5.06. The fraction of sp³-hybridized carbons (Fsp3) is 0.316. The van der Waals surface area contributed by atoms with Gasteiger partial charge in [0.1, 0.15) is 15.5 Å². The molecule has 7 heteroatoms. The fourth-order valence-corrected chi connectivity index (χ4v) is 3.81. The van der Waals surface area contributed by atoms with Gasteiger partial charge in [-0.3, -0.25) is 4.79 Å². The second kappa shape index (κ2) is 7.29. The molecule has 0 fully saturated rings. The number of carbonyl (C=O) groups is 1. The van der Waals surface area contributed by atoms with Crippen molar-refractivity contribution < 1.29 is 9.53 Å². The van der Waals surface area contributed by atoms with Gasteiger partial charge in [-0.25, -0.2) is 9.78 Å². The first-order valence-corrected chi connectivity index (χ1v) is 9.26. The number of thiophene rings is 1. The minimum absolute atomic E-state index is 0.191. The maximum Gasteiger partial charge on any atom is 0.348 e. The Morgan fingerprint density at radius 3 is 2.65 bits per heavy atom. The van der Waals surface area contributed by atoms with Crippen molar-refractivity contribution >= 4 is 33.2 Å². The molecule has 0 aliphatic rings. The molecule has 0 spiro atoms. The molecule has 136 valence electrons. The summed E-state index contributed by atoms with van der Waals surface area (Å²) in [7, 11) is 0. The zero-order valence-electron chi connectivity index (χ0n) is 15.2. The Bertz CT molecular complexity index is 1010. The van der Waals surface area contributed by atoms with Crippen LogP contribution < -0.4 is 10.9 Å². The Kier molecular flexibility index (Phi) is 5.08. The summed E-state index contributed by atoms with van der Waals surface area (Å²) in [4.78, 5) is 33.0. The molecule has 3 rings (SSSR count). The molecular formula is C19H21N3O3S. The van der Waals surface area contributed by atoms with Crippen LogP contribution in [0.1, 0.15) is 46.5 Å². The highest BCUT2D eigenvalue weighted by Gasteiger charge is 2.21. The zero-order valence-corrected chi connectivity index (χ0v) is 16.0. The van der Waals surface area contributed by atoms with E-state index >= 15 is 0 Å². The van der Waals surface area contributed by atoms with E-state index in [4.69, 9.17) is 4.74 Å². The first-order valence-electron chi connectivity index (χ1n) is 8.44. The lowest BCUT2D eigenvalue weighted by molar-refractivity contribution is 0.0531. The smallest absolute Gasteiger partial charge is 0.348 e. The molecule has 3 aromatic rings. The van der Waals surface area contributed by atoms with Crippen molar-refractivity contribution in [2.24, 2.45) is 0 Å². The van der Waals surface area contributed by atoms with Crippen LogP contribution in [0.2, 0.25) is 0 Å². The lowest BCUT2D eigenvalue weighted by atomic mass is 10.2. The van der Waals surface area contributed by atoms with Gasteiger partial charge in [-0.05, 0) is 45.4 Å². The highest BCUT2D eigenvalue weighted by Crippen LogP contribution is 2.28.